The highest BCUT2D eigenvalue weighted by molar-refractivity contribution is 7.90. The number of hydrogen-bond donors (Lipinski definition) is 1. The highest BCUT2D eigenvalue weighted by atomic mass is 32.2. The van der Waals surface area contributed by atoms with Gasteiger partial charge in [-0.2, -0.15) is 0 Å². The fourth-order valence-corrected chi connectivity index (χ4v) is 4.15. The second kappa shape index (κ2) is 7.98. The van der Waals surface area contributed by atoms with Crippen LogP contribution in [0, 0.1) is 0 Å². The van der Waals surface area contributed by atoms with Crippen LogP contribution in [0.3, 0.4) is 0 Å². The molecule has 1 aliphatic heterocycles. The van der Waals surface area contributed by atoms with E-state index in [-0.39, 0.29) is 17.2 Å². The van der Waals surface area contributed by atoms with Gasteiger partial charge in [0.2, 0.25) is 5.91 Å². The fraction of sp³-hybridized carbons (Fsp3) is 0.238. The summed E-state index contributed by atoms with van der Waals surface area (Å²) in [6, 6.07) is 17.3. The highest BCUT2D eigenvalue weighted by Gasteiger charge is 2.50. The molecule has 0 aromatic heterocycles. The van der Waals surface area contributed by atoms with Crippen LogP contribution >= 0.6 is 0 Å². The van der Waals surface area contributed by atoms with Gasteiger partial charge in [-0.05, 0) is 31.0 Å². The van der Waals surface area contributed by atoms with E-state index in [2.05, 4.69) is 4.72 Å². The standard InChI is InChI=1S/C21H22N2O4S/c1-21(20(25)22-28(26,27)18-12-6-3-7-13-18)15-16-23(21)19(24)14-8-11-17-9-4-2-5-10-17/h2-13H,14-16H2,1H3,(H,22,25)/b11-8+. The maximum absolute atomic E-state index is 12.6. The maximum Gasteiger partial charge on any atom is 0.264 e. The van der Waals surface area contributed by atoms with E-state index in [0.29, 0.717) is 13.0 Å². The molecule has 6 nitrogen and oxygen atoms in total. The smallest absolute Gasteiger partial charge is 0.264 e. The van der Waals surface area contributed by atoms with Gasteiger partial charge in [-0.25, -0.2) is 13.1 Å². The number of hydrogen-bond acceptors (Lipinski definition) is 4. The lowest BCUT2D eigenvalue weighted by Gasteiger charge is -2.48. The summed E-state index contributed by atoms with van der Waals surface area (Å²) < 4.78 is 26.9. The van der Waals surface area contributed by atoms with Crippen LogP contribution in [-0.2, 0) is 19.6 Å². The molecule has 146 valence electrons. The van der Waals surface area contributed by atoms with Crippen molar-refractivity contribution < 1.29 is 18.0 Å². The van der Waals surface area contributed by atoms with Gasteiger partial charge in [-0.3, -0.25) is 9.59 Å². The molecule has 3 rings (SSSR count). The predicted molar refractivity (Wildman–Crippen MR) is 107 cm³/mol. The van der Waals surface area contributed by atoms with Crippen molar-refractivity contribution in [3.63, 3.8) is 0 Å². The number of sulfonamides is 1. The molecule has 1 atom stereocenters. The van der Waals surface area contributed by atoms with Crippen LogP contribution in [0.4, 0.5) is 0 Å². The Morgan fingerprint density at radius 1 is 1.07 bits per heavy atom. The largest absolute Gasteiger partial charge is 0.328 e. The Bertz CT molecular complexity index is 988. The highest BCUT2D eigenvalue weighted by Crippen LogP contribution is 2.31. The molecule has 1 heterocycles. The number of carbonyl (C=O) groups excluding carboxylic acids is 2. The van der Waals surface area contributed by atoms with Crippen LogP contribution in [0.25, 0.3) is 6.08 Å². The van der Waals surface area contributed by atoms with Crippen molar-refractivity contribution in [2.45, 2.75) is 30.2 Å². The lowest BCUT2D eigenvalue weighted by Crippen LogP contribution is -2.67. The second-order valence-electron chi connectivity index (χ2n) is 6.83. The third-order valence-corrected chi connectivity index (χ3v) is 6.24. The van der Waals surface area contributed by atoms with E-state index >= 15 is 0 Å². The van der Waals surface area contributed by atoms with Gasteiger partial charge in [0.15, 0.2) is 0 Å². The molecular formula is C21H22N2O4S. The van der Waals surface area contributed by atoms with E-state index in [1.807, 2.05) is 36.4 Å². The van der Waals surface area contributed by atoms with Gasteiger partial charge in [0.05, 0.1) is 4.90 Å². The summed E-state index contributed by atoms with van der Waals surface area (Å²) in [5.74, 6) is -0.906. The zero-order chi connectivity index (χ0) is 20.2. The molecule has 0 radical (unpaired) electrons. The minimum atomic E-state index is -3.97. The quantitative estimate of drug-likeness (QED) is 0.811. The van der Waals surface area contributed by atoms with Crippen molar-refractivity contribution in [1.29, 1.82) is 0 Å². The molecule has 2 aromatic carbocycles. The van der Waals surface area contributed by atoms with Gasteiger partial charge >= 0.3 is 0 Å². The number of benzene rings is 2. The van der Waals surface area contributed by atoms with Crippen LogP contribution in [0.1, 0.15) is 25.3 Å². The summed E-state index contributed by atoms with van der Waals surface area (Å²) in [5, 5.41) is 0. The van der Waals surface area contributed by atoms with E-state index in [4.69, 9.17) is 0 Å². The van der Waals surface area contributed by atoms with E-state index in [9.17, 15) is 18.0 Å². The van der Waals surface area contributed by atoms with Gasteiger partial charge in [0, 0.05) is 13.0 Å². The molecule has 1 aliphatic rings. The average Bonchev–Trinajstić information content (AvgIpc) is 2.67. The Morgan fingerprint density at radius 3 is 2.25 bits per heavy atom. The first-order valence-electron chi connectivity index (χ1n) is 8.97. The number of amides is 2. The Balaban J connectivity index is 1.64. The maximum atomic E-state index is 12.6. The first-order chi connectivity index (χ1) is 13.3. The minimum Gasteiger partial charge on any atom is -0.328 e. The fourth-order valence-electron chi connectivity index (χ4n) is 3.06. The molecule has 7 heteroatoms. The second-order valence-corrected chi connectivity index (χ2v) is 8.52. The molecule has 1 N–H and O–H groups in total. The van der Waals surface area contributed by atoms with E-state index in [1.165, 1.54) is 17.0 Å². The van der Waals surface area contributed by atoms with Crippen LogP contribution in [0.15, 0.2) is 71.6 Å². The normalized spacial score (nSPS) is 19.2. The number of carbonyl (C=O) groups is 2. The first kappa shape index (κ1) is 19.8. The van der Waals surface area contributed by atoms with Crippen LogP contribution < -0.4 is 4.72 Å². The Morgan fingerprint density at radius 2 is 1.68 bits per heavy atom. The van der Waals surface area contributed by atoms with E-state index in [0.717, 1.165) is 5.56 Å². The van der Waals surface area contributed by atoms with Crippen LogP contribution in [0.2, 0.25) is 0 Å². The molecule has 1 fully saturated rings. The topological polar surface area (TPSA) is 83.6 Å². The van der Waals surface area contributed by atoms with E-state index < -0.39 is 21.5 Å². The van der Waals surface area contributed by atoms with Crippen molar-refractivity contribution >= 4 is 27.9 Å². The predicted octanol–water partition coefficient (Wildman–Crippen LogP) is 2.59. The molecule has 28 heavy (non-hydrogen) atoms. The molecule has 2 amide bonds. The molecule has 2 aromatic rings. The third kappa shape index (κ3) is 4.14. The summed E-state index contributed by atoms with van der Waals surface area (Å²) in [4.78, 5) is 26.6. The van der Waals surface area contributed by atoms with Gasteiger partial charge < -0.3 is 4.90 Å². The number of nitrogens with one attached hydrogen (secondary N) is 1. The van der Waals surface area contributed by atoms with E-state index in [1.54, 1.807) is 31.2 Å². The van der Waals surface area contributed by atoms with Crippen molar-refractivity contribution in [2.24, 2.45) is 0 Å². The summed E-state index contributed by atoms with van der Waals surface area (Å²) >= 11 is 0. The molecule has 0 bridgehead atoms. The zero-order valence-electron chi connectivity index (χ0n) is 15.5. The Labute approximate surface area is 164 Å². The molecule has 0 spiro atoms. The minimum absolute atomic E-state index is 0.00921. The number of nitrogens with zero attached hydrogens (tertiary/aromatic N) is 1. The first-order valence-corrected chi connectivity index (χ1v) is 10.5. The summed E-state index contributed by atoms with van der Waals surface area (Å²) in [6.07, 6.45) is 4.14. The summed E-state index contributed by atoms with van der Waals surface area (Å²) in [7, 11) is -3.97. The van der Waals surface area contributed by atoms with Gasteiger partial charge in [0.1, 0.15) is 5.54 Å². The summed E-state index contributed by atoms with van der Waals surface area (Å²) in [5.41, 5.74) is -0.187. The van der Waals surface area contributed by atoms with Gasteiger partial charge in [0.25, 0.3) is 15.9 Å². The average molecular weight is 398 g/mol. The molecule has 0 saturated carbocycles. The lowest BCUT2D eigenvalue weighted by atomic mass is 9.85. The van der Waals surface area contributed by atoms with Crippen molar-refractivity contribution in [3.8, 4) is 0 Å². The van der Waals surface area contributed by atoms with Gasteiger partial charge in [-0.1, -0.05) is 60.7 Å². The number of rotatable bonds is 6. The van der Waals surface area contributed by atoms with Crippen LogP contribution in [-0.4, -0.2) is 37.2 Å². The molecule has 1 saturated heterocycles. The molecule has 0 aliphatic carbocycles. The summed E-state index contributed by atoms with van der Waals surface area (Å²) in [6.45, 7) is 2.01. The van der Waals surface area contributed by atoms with Crippen molar-refractivity contribution in [2.75, 3.05) is 6.54 Å². The lowest BCUT2D eigenvalue weighted by molar-refractivity contribution is -0.155. The van der Waals surface area contributed by atoms with Gasteiger partial charge in [-0.15, -0.1) is 0 Å². The van der Waals surface area contributed by atoms with Crippen LogP contribution in [0.5, 0.6) is 0 Å². The van der Waals surface area contributed by atoms with Crippen molar-refractivity contribution in [3.05, 3.63) is 72.3 Å². The monoisotopic (exact) mass is 398 g/mol. The van der Waals surface area contributed by atoms with Crippen molar-refractivity contribution in [1.82, 2.24) is 9.62 Å². The third-order valence-electron chi connectivity index (χ3n) is 4.89. The Hall–Kier alpha value is -2.93. The molecule has 1 unspecified atom stereocenters. The number of likely N-dealkylation sites (tertiary alicyclic amines) is 1. The Kier molecular flexibility index (Phi) is 5.65. The zero-order valence-corrected chi connectivity index (χ0v) is 16.4. The molecular weight excluding hydrogens is 376 g/mol. The SMILES string of the molecule is CC1(C(=O)NS(=O)(=O)c2ccccc2)CCN1C(=O)C/C=C/c1ccccc1.